The lowest BCUT2D eigenvalue weighted by molar-refractivity contribution is -0.138. The summed E-state index contributed by atoms with van der Waals surface area (Å²) < 4.78 is 44.1. The molecule has 118 valence electrons. The van der Waals surface area contributed by atoms with Gasteiger partial charge in [-0.05, 0) is 32.0 Å². The van der Waals surface area contributed by atoms with Crippen molar-refractivity contribution in [1.82, 2.24) is 5.32 Å². The first-order valence-corrected chi connectivity index (χ1v) is 6.50. The van der Waals surface area contributed by atoms with Gasteiger partial charge in [-0.1, -0.05) is 0 Å². The fraction of sp³-hybridized carbons (Fsp3) is 0.429. The van der Waals surface area contributed by atoms with E-state index in [4.69, 9.17) is 10.00 Å². The van der Waals surface area contributed by atoms with E-state index >= 15 is 0 Å². The summed E-state index contributed by atoms with van der Waals surface area (Å²) in [6, 6.07) is 4.50. The van der Waals surface area contributed by atoms with Crippen molar-refractivity contribution in [2.45, 2.75) is 31.9 Å². The molecular formula is C14H14F3N3O2. The van der Waals surface area contributed by atoms with E-state index in [1.54, 1.807) is 13.8 Å². The summed E-state index contributed by atoms with van der Waals surface area (Å²) in [6.45, 7) is 3.53. The second kappa shape index (κ2) is 5.59. The Morgan fingerprint density at radius 1 is 1.55 bits per heavy atom. The lowest BCUT2D eigenvalue weighted by Crippen LogP contribution is -2.43. The third kappa shape index (κ3) is 3.21. The smallest absolute Gasteiger partial charge is 0.346 e. The molecule has 0 aromatic heterocycles. The Bertz CT molecular complexity index is 639. The molecule has 2 atom stereocenters. The molecule has 0 bridgehead atoms. The molecular weight excluding hydrogens is 299 g/mol. The molecule has 1 aliphatic heterocycles. The molecule has 22 heavy (non-hydrogen) atoms. The van der Waals surface area contributed by atoms with Crippen LogP contribution in [0.25, 0.3) is 0 Å². The number of hydrogen-bond acceptors (Lipinski definition) is 4. The van der Waals surface area contributed by atoms with Crippen LogP contribution in [0.3, 0.4) is 0 Å². The Morgan fingerprint density at radius 3 is 2.73 bits per heavy atom. The molecule has 1 aromatic carbocycles. The van der Waals surface area contributed by atoms with E-state index < -0.39 is 28.8 Å². The molecule has 2 rings (SSSR count). The van der Waals surface area contributed by atoms with Crippen molar-refractivity contribution >= 4 is 11.6 Å². The number of ether oxygens (including phenoxy) is 1. The molecule has 0 aliphatic carbocycles. The van der Waals surface area contributed by atoms with Crippen molar-refractivity contribution in [3.8, 4) is 6.07 Å². The maximum Gasteiger partial charge on any atom is 0.417 e. The molecule has 1 aliphatic rings. The first kappa shape index (κ1) is 16.3. The monoisotopic (exact) mass is 313 g/mol. The number of anilines is 1. The molecule has 0 spiro atoms. The van der Waals surface area contributed by atoms with Crippen LogP contribution in [-0.4, -0.2) is 24.3 Å². The van der Waals surface area contributed by atoms with E-state index in [0.29, 0.717) is 0 Å². The lowest BCUT2D eigenvalue weighted by atomic mass is 10.0. The van der Waals surface area contributed by atoms with E-state index in [9.17, 15) is 18.0 Å². The summed E-state index contributed by atoms with van der Waals surface area (Å²) in [5.41, 5.74) is -2.78. The van der Waals surface area contributed by atoms with Crippen LogP contribution in [0.5, 0.6) is 0 Å². The third-order valence-corrected chi connectivity index (χ3v) is 3.35. The molecule has 5 nitrogen and oxygen atoms in total. The predicted octanol–water partition coefficient (Wildman–Crippen LogP) is 2.24. The number of benzene rings is 1. The number of carbonyl (C=O) groups is 1. The summed E-state index contributed by atoms with van der Waals surface area (Å²) in [7, 11) is 0. The molecule has 2 N–H and O–H groups in total. The van der Waals surface area contributed by atoms with Gasteiger partial charge >= 0.3 is 6.18 Å². The predicted molar refractivity (Wildman–Crippen MR) is 71.7 cm³/mol. The molecule has 1 heterocycles. The number of nitriles is 1. The molecule has 0 saturated carbocycles. The van der Waals surface area contributed by atoms with Crippen molar-refractivity contribution in [3.63, 3.8) is 0 Å². The number of rotatable bonds is 2. The van der Waals surface area contributed by atoms with Crippen LogP contribution < -0.4 is 10.6 Å². The van der Waals surface area contributed by atoms with Crippen molar-refractivity contribution in [2.24, 2.45) is 0 Å². The molecule has 2 unspecified atom stereocenters. The number of hydrogen-bond donors (Lipinski definition) is 2. The Labute approximate surface area is 125 Å². The minimum Gasteiger partial charge on any atom is -0.346 e. The Kier molecular flexibility index (Phi) is 4.13. The standard InChI is InChI=1S/C14H14F3N3O2/c1-8-19-7-13(2,22-8)12(21)20-10-4-3-9(6-18)11(5-10)14(15,16)17/h3-5,8,19H,7H2,1-2H3,(H,20,21). The zero-order valence-electron chi connectivity index (χ0n) is 11.9. The van der Waals surface area contributed by atoms with Gasteiger partial charge in [0.1, 0.15) is 6.23 Å². The average molecular weight is 313 g/mol. The van der Waals surface area contributed by atoms with Gasteiger partial charge in [-0.15, -0.1) is 0 Å². The van der Waals surface area contributed by atoms with Gasteiger partial charge in [-0.25, -0.2) is 0 Å². The Balaban J connectivity index is 2.24. The van der Waals surface area contributed by atoms with Gasteiger partial charge < -0.3 is 10.1 Å². The molecule has 1 saturated heterocycles. The average Bonchev–Trinajstić information content (AvgIpc) is 2.79. The van der Waals surface area contributed by atoms with Crippen LogP contribution in [0.1, 0.15) is 25.0 Å². The van der Waals surface area contributed by atoms with Gasteiger partial charge in [-0.2, -0.15) is 18.4 Å². The van der Waals surface area contributed by atoms with Gasteiger partial charge in [0.2, 0.25) is 0 Å². The summed E-state index contributed by atoms with van der Waals surface area (Å²) in [5, 5.41) is 14.1. The van der Waals surface area contributed by atoms with Gasteiger partial charge in [0, 0.05) is 12.2 Å². The van der Waals surface area contributed by atoms with Gasteiger partial charge in [0.25, 0.3) is 5.91 Å². The number of nitrogens with one attached hydrogen (secondary N) is 2. The van der Waals surface area contributed by atoms with Gasteiger partial charge in [-0.3, -0.25) is 10.1 Å². The summed E-state index contributed by atoms with van der Waals surface area (Å²) >= 11 is 0. The van der Waals surface area contributed by atoms with Crippen molar-refractivity contribution in [2.75, 3.05) is 11.9 Å². The minimum absolute atomic E-state index is 0.0410. The van der Waals surface area contributed by atoms with E-state index in [2.05, 4.69) is 10.6 Å². The fourth-order valence-electron chi connectivity index (χ4n) is 2.16. The minimum atomic E-state index is -4.67. The molecule has 1 aromatic rings. The summed E-state index contributed by atoms with van der Waals surface area (Å²) in [5.74, 6) is -0.554. The highest BCUT2D eigenvalue weighted by Crippen LogP contribution is 2.33. The highest BCUT2D eigenvalue weighted by Gasteiger charge is 2.41. The number of carbonyl (C=O) groups excluding carboxylic acids is 1. The molecule has 0 radical (unpaired) electrons. The largest absolute Gasteiger partial charge is 0.417 e. The lowest BCUT2D eigenvalue weighted by Gasteiger charge is -2.22. The highest BCUT2D eigenvalue weighted by atomic mass is 19.4. The topological polar surface area (TPSA) is 74.2 Å². The summed E-state index contributed by atoms with van der Waals surface area (Å²) in [6.07, 6.45) is -4.99. The second-order valence-electron chi connectivity index (χ2n) is 5.20. The normalized spacial score (nSPS) is 24.8. The van der Waals surface area contributed by atoms with Crippen LogP contribution in [0.15, 0.2) is 18.2 Å². The molecule has 8 heteroatoms. The quantitative estimate of drug-likeness (QED) is 0.878. The molecule has 1 fully saturated rings. The van der Waals surface area contributed by atoms with E-state index in [0.717, 1.165) is 12.1 Å². The first-order valence-electron chi connectivity index (χ1n) is 6.50. The maximum absolute atomic E-state index is 12.9. The van der Waals surface area contributed by atoms with Crippen LogP contribution in [0.4, 0.5) is 18.9 Å². The van der Waals surface area contributed by atoms with Crippen LogP contribution in [-0.2, 0) is 15.7 Å². The maximum atomic E-state index is 12.9. The van der Waals surface area contributed by atoms with Crippen LogP contribution in [0, 0.1) is 11.3 Å². The van der Waals surface area contributed by atoms with Crippen molar-refractivity contribution in [1.29, 1.82) is 5.26 Å². The number of nitrogens with zero attached hydrogens (tertiary/aromatic N) is 1. The fourth-order valence-corrected chi connectivity index (χ4v) is 2.16. The number of alkyl halides is 3. The van der Waals surface area contributed by atoms with Crippen LogP contribution in [0.2, 0.25) is 0 Å². The van der Waals surface area contributed by atoms with E-state index in [1.807, 2.05) is 0 Å². The molecule has 1 amide bonds. The number of amides is 1. The highest BCUT2D eigenvalue weighted by molar-refractivity contribution is 5.97. The van der Waals surface area contributed by atoms with E-state index in [-0.39, 0.29) is 18.5 Å². The second-order valence-corrected chi connectivity index (χ2v) is 5.20. The summed E-state index contributed by atoms with van der Waals surface area (Å²) in [4.78, 5) is 12.2. The Hall–Kier alpha value is -2.11. The zero-order valence-corrected chi connectivity index (χ0v) is 11.9. The van der Waals surface area contributed by atoms with Crippen molar-refractivity contribution in [3.05, 3.63) is 29.3 Å². The van der Waals surface area contributed by atoms with Gasteiger partial charge in [0.15, 0.2) is 5.60 Å². The third-order valence-electron chi connectivity index (χ3n) is 3.35. The van der Waals surface area contributed by atoms with Gasteiger partial charge in [0.05, 0.1) is 17.2 Å². The van der Waals surface area contributed by atoms with Crippen molar-refractivity contribution < 1.29 is 22.7 Å². The van der Waals surface area contributed by atoms with E-state index in [1.165, 1.54) is 12.1 Å². The number of halogens is 3. The first-order chi connectivity index (χ1) is 10.2. The zero-order chi connectivity index (χ0) is 16.5. The SMILES string of the molecule is CC1NCC(C)(C(=O)Nc2ccc(C#N)c(C(F)(F)F)c2)O1. The Morgan fingerprint density at radius 2 is 2.23 bits per heavy atom. The van der Waals surface area contributed by atoms with Crippen LogP contribution >= 0.6 is 0 Å².